The summed E-state index contributed by atoms with van der Waals surface area (Å²) in [6.45, 7) is 2.08. The molecule has 188 valence electrons. The second-order valence-electron chi connectivity index (χ2n) is 7.76. The molecule has 0 atom stereocenters. The molecule has 0 fully saturated rings. The van der Waals surface area contributed by atoms with E-state index in [9.17, 15) is 13.2 Å². The average Bonchev–Trinajstić information content (AvgIpc) is 3.16. The van der Waals surface area contributed by atoms with Gasteiger partial charge in [-0.2, -0.15) is 4.98 Å². The van der Waals surface area contributed by atoms with Gasteiger partial charge < -0.3 is 24.5 Å². The molecular weight excluding hydrogens is 486 g/mol. The third-order valence-corrected chi connectivity index (χ3v) is 5.70. The zero-order valence-electron chi connectivity index (χ0n) is 19.9. The second-order valence-corrected chi connectivity index (χ2v) is 9.59. The number of anilines is 2. The molecule has 11 nitrogen and oxygen atoms in total. The molecule has 0 aliphatic carbocycles. The summed E-state index contributed by atoms with van der Waals surface area (Å²) in [5, 5.41) is 6.40. The molecule has 12 heteroatoms. The van der Waals surface area contributed by atoms with Crippen molar-refractivity contribution in [3.63, 3.8) is 0 Å². The minimum absolute atomic E-state index is 0.162. The molecule has 0 saturated heterocycles. The van der Waals surface area contributed by atoms with Gasteiger partial charge in [0.05, 0.1) is 11.8 Å². The second kappa shape index (κ2) is 10.6. The maximum Gasteiger partial charge on any atom is 0.255 e. The summed E-state index contributed by atoms with van der Waals surface area (Å²) in [5.74, 6) is 1.96. The van der Waals surface area contributed by atoms with Gasteiger partial charge in [0.2, 0.25) is 21.9 Å². The van der Waals surface area contributed by atoms with Crippen LogP contribution in [0.15, 0.2) is 59.1 Å². The monoisotopic (exact) mass is 511 g/mol. The van der Waals surface area contributed by atoms with Gasteiger partial charge in [-0.25, -0.2) is 18.1 Å². The molecule has 0 bridgehead atoms. The number of rotatable bonds is 10. The Bertz CT molecular complexity index is 1500. The Labute approximate surface area is 207 Å². The van der Waals surface area contributed by atoms with Gasteiger partial charge in [0.15, 0.2) is 0 Å². The molecule has 0 unspecified atom stereocenters. The van der Waals surface area contributed by atoms with Crippen LogP contribution in [0.1, 0.15) is 16.1 Å². The minimum Gasteiger partial charge on any atom is -0.492 e. The van der Waals surface area contributed by atoms with Crippen LogP contribution < -0.4 is 24.8 Å². The van der Waals surface area contributed by atoms with E-state index in [1.165, 1.54) is 0 Å². The number of fused-ring (bicyclic) bond motifs is 1. The van der Waals surface area contributed by atoms with Gasteiger partial charge in [-0.1, -0.05) is 6.07 Å². The molecule has 1 amide bonds. The Hall–Kier alpha value is -4.16. The van der Waals surface area contributed by atoms with E-state index in [-0.39, 0.29) is 19.1 Å². The zero-order valence-corrected chi connectivity index (χ0v) is 20.7. The first kappa shape index (κ1) is 24.9. The van der Waals surface area contributed by atoms with Gasteiger partial charge in [0.25, 0.3) is 5.91 Å². The van der Waals surface area contributed by atoms with Crippen molar-refractivity contribution in [2.75, 3.05) is 31.8 Å². The topological polar surface area (TPSA) is 145 Å². The highest BCUT2D eigenvalue weighted by Gasteiger charge is 2.17. The van der Waals surface area contributed by atoms with Crippen molar-refractivity contribution < 1.29 is 27.1 Å². The van der Waals surface area contributed by atoms with Crippen LogP contribution in [0.25, 0.3) is 11.0 Å². The summed E-state index contributed by atoms with van der Waals surface area (Å²) in [7, 11) is -1.69. The maximum atomic E-state index is 12.1. The number of hydrogen-bond donors (Lipinski definition) is 3. The van der Waals surface area contributed by atoms with E-state index in [4.69, 9.17) is 13.9 Å². The van der Waals surface area contributed by atoms with E-state index in [1.807, 2.05) is 6.07 Å². The SMILES string of the molecule is CNC(=O)c1c(C)oc2cc(Oc3ccnc(Nc4cccc(OCCNS(C)(=O)=O)c4)n3)ccc12. The fourth-order valence-corrected chi connectivity index (χ4v) is 3.89. The summed E-state index contributed by atoms with van der Waals surface area (Å²) < 4.78 is 41.8. The lowest BCUT2D eigenvalue weighted by Crippen LogP contribution is -2.26. The Kier molecular flexibility index (Phi) is 7.36. The van der Waals surface area contributed by atoms with Gasteiger partial charge >= 0.3 is 0 Å². The van der Waals surface area contributed by atoms with E-state index in [0.29, 0.717) is 51.3 Å². The first-order valence-corrected chi connectivity index (χ1v) is 12.8. The number of nitrogens with one attached hydrogen (secondary N) is 3. The molecule has 2 aromatic carbocycles. The number of furan rings is 1. The third kappa shape index (κ3) is 6.29. The highest BCUT2D eigenvalue weighted by atomic mass is 32.2. The number of benzene rings is 2. The van der Waals surface area contributed by atoms with Crippen LogP contribution >= 0.6 is 0 Å². The number of hydrogen-bond acceptors (Lipinski definition) is 9. The summed E-state index contributed by atoms with van der Waals surface area (Å²) in [6, 6.07) is 13.9. The zero-order chi connectivity index (χ0) is 25.7. The molecule has 36 heavy (non-hydrogen) atoms. The van der Waals surface area contributed by atoms with Gasteiger partial charge in [0, 0.05) is 49.1 Å². The quantitative estimate of drug-likeness (QED) is 0.273. The lowest BCUT2D eigenvalue weighted by atomic mass is 10.1. The minimum atomic E-state index is -3.26. The third-order valence-electron chi connectivity index (χ3n) is 4.97. The largest absolute Gasteiger partial charge is 0.492 e. The number of sulfonamides is 1. The summed E-state index contributed by atoms with van der Waals surface area (Å²) in [6.07, 6.45) is 2.65. The maximum absolute atomic E-state index is 12.1. The number of carbonyl (C=O) groups excluding carboxylic acids is 1. The molecular formula is C24H25N5O6S. The lowest BCUT2D eigenvalue weighted by molar-refractivity contribution is 0.0963. The van der Waals surface area contributed by atoms with Crippen LogP contribution in [0.5, 0.6) is 17.4 Å². The predicted molar refractivity (Wildman–Crippen MR) is 135 cm³/mol. The fourth-order valence-electron chi connectivity index (χ4n) is 3.44. The Morgan fingerprint density at radius 3 is 2.72 bits per heavy atom. The van der Waals surface area contributed by atoms with Crippen molar-refractivity contribution in [3.8, 4) is 17.4 Å². The molecule has 3 N–H and O–H groups in total. The van der Waals surface area contributed by atoms with Crippen LogP contribution in [-0.2, 0) is 10.0 Å². The normalized spacial score (nSPS) is 11.3. The van der Waals surface area contributed by atoms with Crippen LogP contribution in [0.3, 0.4) is 0 Å². The van der Waals surface area contributed by atoms with Crippen molar-refractivity contribution in [1.29, 1.82) is 0 Å². The van der Waals surface area contributed by atoms with E-state index in [0.717, 1.165) is 6.26 Å². The number of aryl methyl sites for hydroxylation is 1. The average molecular weight is 512 g/mol. The Balaban J connectivity index is 1.43. The highest BCUT2D eigenvalue weighted by Crippen LogP contribution is 2.31. The van der Waals surface area contributed by atoms with Crippen LogP contribution in [0.2, 0.25) is 0 Å². The predicted octanol–water partition coefficient (Wildman–Crippen LogP) is 3.35. The lowest BCUT2D eigenvalue weighted by Gasteiger charge is -2.10. The van der Waals surface area contributed by atoms with E-state index in [2.05, 4.69) is 25.3 Å². The van der Waals surface area contributed by atoms with Gasteiger partial charge in [0.1, 0.15) is 29.4 Å². The van der Waals surface area contributed by atoms with Crippen molar-refractivity contribution in [1.82, 2.24) is 20.0 Å². The Morgan fingerprint density at radius 2 is 1.94 bits per heavy atom. The van der Waals surface area contributed by atoms with Crippen molar-refractivity contribution in [3.05, 3.63) is 66.1 Å². The van der Waals surface area contributed by atoms with Crippen LogP contribution in [0.4, 0.5) is 11.6 Å². The molecule has 0 radical (unpaired) electrons. The molecule has 0 spiro atoms. The van der Waals surface area contributed by atoms with E-state index < -0.39 is 10.0 Å². The summed E-state index contributed by atoms with van der Waals surface area (Å²) >= 11 is 0. The van der Waals surface area contributed by atoms with Gasteiger partial charge in [-0.05, 0) is 31.2 Å². The first-order chi connectivity index (χ1) is 17.2. The number of nitrogens with zero attached hydrogens (tertiary/aromatic N) is 2. The molecule has 4 aromatic rings. The molecule has 4 rings (SSSR count). The molecule has 2 heterocycles. The van der Waals surface area contributed by atoms with Crippen LogP contribution in [-0.4, -0.2) is 50.7 Å². The standard InChI is InChI=1S/C24H25N5O6S/c1-15-22(23(30)25-2)19-8-7-18(14-20(19)34-15)35-21-9-10-26-24(29-21)28-16-5-4-6-17(13-16)33-12-11-27-36(3,31)32/h4-10,13-14,27H,11-12H2,1-3H3,(H,25,30)(H,26,28,29). The first-order valence-electron chi connectivity index (χ1n) is 10.9. The molecule has 2 aromatic heterocycles. The molecule has 0 saturated carbocycles. The Morgan fingerprint density at radius 1 is 1.11 bits per heavy atom. The van der Waals surface area contributed by atoms with E-state index >= 15 is 0 Å². The number of amides is 1. The molecule has 0 aliphatic rings. The smallest absolute Gasteiger partial charge is 0.255 e. The van der Waals surface area contributed by atoms with Crippen molar-refractivity contribution >= 4 is 38.5 Å². The van der Waals surface area contributed by atoms with Gasteiger partial charge in [-0.15, -0.1) is 0 Å². The van der Waals surface area contributed by atoms with Crippen molar-refractivity contribution in [2.45, 2.75) is 6.92 Å². The summed E-state index contributed by atoms with van der Waals surface area (Å²) in [5.41, 5.74) is 1.69. The van der Waals surface area contributed by atoms with Crippen LogP contribution in [0, 0.1) is 6.92 Å². The summed E-state index contributed by atoms with van der Waals surface area (Å²) in [4.78, 5) is 20.7. The molecule has 0 aliphatic heterocycles. The number of carbonyl (C=O) groups is 1. The number of aromatic nitrogens is 2. The number of ether oxygens (including phenoxy) is 2. The fraction of sp³-hybridized carbons (Fsp3) is 0.208. The van der Waals surface area contributed by atoms with Crippen molar-refractivity contribution in [2.24, 2.45) is 0 Å². The van der Waals surface area contributed by atoms with Gasteiger partial charge in [-0.3, -0.25) is 4.79 Å². The van der Waals surface area contributed by atoms with E-state index in [1.54, 1.807) is 62.6 Å². The highest BCUT2D eigenvalue weighted by molar-refractivity contribution is 7.88.